The molecule has 1 aliphatic heterocycles. The molecule has 1 aromatic carbocycles. The molecule has 2 bridgehead atoms. The van der Waals surface area contributed by atoms with E-state index < -0.39 is 0 Å². The second-order valence-electron chi connectivity index (χ2n) is 7.99. The molecule has 0 radical (unpaired) electrons. The zero-order valence-electron chi connectivity index (χ0n) is 14.9. The lowest BCUT2D eigenvalue weighted by atomic mass is 9.95. The van der Waals surface area contributed by atoms with Crippen molar-refractivity contribution in [3.05, 3.63) is 29.3 Å². The average molecular weight is 344 g/mol. The van der Waals surface area contributed by atoms with E-state index in [1.165, 1.54) is 42.5 Å². The average Bonchev–Trinajstić information content (AvgIpc) is 3.20. The van der Waals surface area contributed by atoms with Gasteiger partial charge in [0.2, 0.25) is 0 Å². The molecule has 1 N–H and O–H groups in total. The Morgan fingerprint density at radius 2 is 1.88 bits per heavy atom. The first-order valence-corrected chi connectivity index (χ1v) is 9.88. The van der Waals surface area contributed by atoms with Gasteiger partial charge >= 0.3 is 0 Å². The third-order valence-corrected chi connectivity index (χ3v) is 6.70. The summed E-state index contributed by atoms with van der Waals surface area (Å²) in [5, 5.41) is 4.69. The molecule has 4 heteroatoms. The SMILES string of the molecule is Cc1ccc(C)c(N2CCN(C(=S)N[C@H]3C[C@H]4CC[C@H]3C4)CC2)c1. The van der Waals surface area contributed by atoms with Gasteiger partial charge in [0, 0.05) is 37.9 Å². The van der Waals surface area contributed by atoms with Crippen LogP contribution in [0.15, 0.2) is 18.2 Å². The molecule has 3 fully saturated rings. The summed E-state index contributed by atoms with van der Waals surface area (Å²) in [5.74, 6) is 1.85. The summed E-state index contributed by atoms with van der Waals surface area (Å²) >= 11 is 5.72. The molecule has 130 valence electrons. The highest BCUT2D eigenvalue weighted by molar-refractivity contribution is 7.80. The van der Waals surface area contributed by atoms with Gasteiger partial charge in [0.05, 0.1) is 0 Å². The Balaban J connectivity index is 1.32. The fourth-order valence-electron chi connectivity index (χ4n) is 4.88. The lowest BCUT2D eigenvalue weighted by molar-refractivity contribution is 0.345. The van der Waals surface area contributed by atoms with Crippen molar-refractivity contribution in [1.29, 1.82) is 0 Å². The number of fused-ring (bicyclic) bond motifs is 2. The predicted molar refractivity (Wildman–Crippen MR) is 105 cm³/mol. The maximum Gasteiger partial charge on any atom is 0.169 e. The second kappa shape index (κ2) is 6.55. The van der Waals surface area contributed by atoms with Crippen LogP contribution in [-0.2, 0) is 0 Å². The maximum absolute atomic E-state index is 5.72. The van der Waals surface area contributed by atoms with Gasteiger partial charge in [-0.3, -0.25) is 0 Å². The van der Waals surface area contributed by atoms with Crippen LogP contribution in [0.3, 0.4) is 0 Å². The number of piperazine rings is 1. The van der Waals surface area contributed by atoms with E-state index in [0.29, 0.717) is 6.04 Å². The molecule has 1 aromatic rings. The normalized spacial score (nSPS) is 29.2. The first-order valence-electron chi connectivity index (χ1n) is 9.48. The van der Waals surface area contributed by atoms with E-state index in [1.807, 2.05) is 0 Å². The highest BCUT2D eigenvalue weighted by Crippen LogP contribution is 2.44. The van der Waals surface area contributed by atoms with Gasteiger partial charge in [-0.05, 0) is 74.4 Å². The number of thiocarbonyl (C=S) groups is 1. The molecule has 0 aromatic heterocycles. The molecule has 3 aliphatic rings. The first kappa shape index (κ1) is 16.2. The smallest absolute Gasteiger partial charge is 0.169 e. The molecule has 2 saturated carbocycles. The third kappa shape index (κ3) is 3.13. The fraction of sp³-hybridized carbons (Fsp3) is 0.650. The summed E-state index contributed by atoms with van der Waals surface area (Å²) in [6, 6.07) is 7.40. The minimum atomic E-state index is 0.647. The van der Waals surface area contributed by atoms with Gasteiger partial charge in [0.25, 0.3) is 0 Å². The second-order valence-corrected chi connectivity index (χ2v) is 8.38. The number of hydrogen-bond donors (Lipinski definition) is 1. The Labute approximate surface area is 151 Å². The molecule has 0 spiro atoms. The highest BCUT2D eigenvalue weighted by Gasteiger charge is 2.40. The van der Waals surface area contributed by atoms with Gasteiger partial charge in [-0.2, -0.15) is 0 Å². The topological polar surface area (TPSA) is 18.5 Å². The standard InChI is InChI=1S/C20H29N3S/c1-14-3-4-15(2)19(11-14)22-7-9-23(10-8-22)20(24)21-18-13-16-5-6-17(18)12-16/h3-4,11,16-18H,5-10,12-13H2,1-2H3,(H,21,24)/t16-,17-,18-/m0/s1. The van der Waals surface area contributed by atoms with Crippen molar-refractivity contribution < 1.29 is 0 Å². The van der Waals surface area contributed by atoms with Crippen LogP contribution in [0.1, 0.15) is 36.8 Å². The van der Waals surface area contributed by atoms with E-state index >= 15 is 0 Å². The van der Waals surface area contributed by atoms with E-state index in [-0.39, 0.29) is 0 Å². The van der Waals surface area contributed by atoms with Crippen LogP contribution in [0.2, 0.25) is 0 Å². The molecule has 2 aliphatic carbocycles. The highest BCUT2D eigenvalue weighted by atomic mass is 32.1. The van der Waals surface area contributed by atoms with E-state index in [0.717, 1.165) is 43.1 Å². The van der Waals surface area contributed by atoms with Gasteiger partial charge in [-0.25, -0.2) is 0 Å². The van der Waals surface area contributed by atoms with E-state index in [2.05, 4.69) is 47.2 Å². The minimum absolute atomic E-state index is 0.647. The van der Waals surface area contributed by atoms with Crippen molar-refractivity contribution in [2.24, 2.45) is 11.8 Å². The Hall–Kier alpha value is -1.29. The van der Waals surface area contributed by atoms with E-state index in [4.69, 9.17) is 12.2 Å². The lowest BCUT2D eigenvalue weighted by Gasteiger charge is -2.39. The summed E-state index contributed by atoms with van der Waals surface area (Å²) < 4.78 is 0. The number of nitrogens with one attached hydrogen (secondary N) is 1. The van der Waals surface area contributed by atoms with E-state index in [9.17, 15) is 0 Å². The summed E-state index contributed by atoms with van der Waals surface area (Å²) in [6.45, 7) is 8.56. The summed E-state index contributed by atoms with van der Waals surface area (Å²) in [6.07, 6.45) is 5.63. The maximum atomic E-state index is 5.72. The molecule has 24 heavy (non-hydrogen) atoms. The van der Waals surface area contributed by atoms with Crippen molar-refractivity contribution >= 4 is 23.0 Å². The zero-order chi connectivity index (χ0) is 16.7. The zero-order valence-corrected chi connectivity index (χ0v) is 15.7. The van der Waals surface area contributed by atoms with Crippen LogP contribution < -0.4 is 10.2 Å². The van der Waals surface area contributed by atoms with Crippen molar-refractivity contribution in [3.8, 4) is 0 Å². The van der Waals surface area contributed by atoms with Crippen molar-refractivity contribution in [2.75, 3.05) is 31.1 Å². The van der Waals surface area contributed by atoms with Gasteiger partial charge < -0.3 is 15.1 Å². The van der Waals surface area contributed by atoms with Crippen LogP contribution in [0.4, 0.5) is 5.69 Å². The van der Waals surface area contributed by atoms with Gasteiger partial charge in [0.1, 0.15) is 0 Å². The molecule has 1 heterocycles. The Bertz CT molecular complexity index is 621. The summed E-state index contributed by atoms with van der Waals surface area (Å²) in [4.78, 5) is 4.89. The summed E-state index contributed by atoms with van der Waals surface area (Å²) in [5.41, 5.74) is 4.10. The number of aryl methyl sites for hydroxylation is 2. The third-order valence-electron chi connectivity index (χ3n) is 6.32. The number of benzene rings is 1. The van der Waals surface area contributed by atoms with Crippen LogP contribution in [0.5, 0.6) is 0 Å². The molecule has 4 rings (SSSR count). The largest absolute Gasteiger partial charge is 0.368 e. The monoisotopic (exact) mass is 343 g/mol. The molecule has 0 amide bonds. The van der Waals surface area contributed by atoms with E-state index in [1.54, 1.807) is 0 Å². The van der Waals surface area contributed by atoms with Crippen LogP contribution in [0.25, 0.3) is 0 Å². The van der Waals surface area contributed by atoms with Gasteiger partial charge in [-0.1, -0.05) is 18.6 Å². The van der Waals surface area contributed by atoms with Crippen LogP contribution in [0, 0.1) is 25.7 Å². The van der Waals surface area contributed by atoms with Gasteiger partial charge in [-0.15, -0.1) is 0 Å². The molecule has 3 nitrogen and oxygen atoms in total. The summed E-state index contributed by atoms with van der Waals surface area (Å²) in [7, 11) is 0. The predicted octanol–water partition coefficient (Wildman–Crippen LogP) is 3.49. The Morgan fingerprint density at radius 3 is 2.54 bits per heavy atom. The molecule has 3 atom stereocenters. The number of hydrogen-bond acceptors (Lipinski definition) is 2. The first-order chi connectivity index (χ1) is 11.6. The number of rotatable bonds is 2. The molecule has 1 saturated heterocycles. The van der Waals surface area contributed by atoms with Crippen molar-refractivity contribution in [3.63, 3.8) is 0 Å². The lowest BCUT2D eigenvalue weighted by Crippen LogP contribution is -2.54. The van der Waals surface area contributed by atoms with Crippen molar-refractivity contribution in [2.45, 2.75) is 45.6 Å². The Kier molecular flexibility index (Phi) is 4.42. The molecular weight excluding hydrogens is 314 g/mol. The number of nitrogens with zero attached hydrogens (tertiary/aromatic N) is 2. The fourth-order valence-corrected chi connectivity index (χ4v) is 5.22. The van der Waals surface area contributed by atoms with Crippen LogP contribution >= 0.6 is 12.2 Å². The van der Waals surface area contributed by atoms with Crippen molar-refractivity contribution in [1.82, 2.24) is 10.2 Å². The minimum Gasteiger partial charge on any atom is -0.368 e. The number of anilines is 1. The quantitative estimate of drug-likeness (QED) is 0.828. The van der Waals surface area contributed by atoms with Gasteiger partial charge in [0.15, 0.2) is 5.11 Å². The Morgan fingerprint density at radius 1 is 1.08 bits per heavy atom. The molecule has 0 unspecified atom stereocenters. The molecular formula is C20H29N3S. The van der Waals surface area contributed by atoms with Crippen LogP contribution in [-0.4, -0.2) is 42.2 Å².